The van der Waals surface area contributed by atoms with Gasteiger partial charge in [-0.15, -0.1) is 0 Å². The van der Waals surface area contributed by atoms with Crippen molar-refractivity contribution in [3.63, 3.8) is 0 Å². The maximum absolute atomic E-state index is 14.0. The summed E-state index contributed by atoms with van der Waals surface area (Å²) in [4.78, 5) is 0. The summed E-state index contributed by atoms with van der Waals surface area (Å²) in [7, 11) is 0. The van der Waals surface area contributed by atoms with Gasteiger partial charge in [-0.3, -0.25) is 4.68 Å². The van der Waals surface area contributed by atoms with Crippen molar-refractivity contribution in [2.45, 2.75) is 12.5 Å². The average molecular weight is 311 g/mol. The summed E-state index contributed by atoms with van der Waals surface area (Å²) in [6.07, 6.45) is 2.63. The third-order valence-electron chi connectivity index (χ3n) is 3.13. The van der Waals surface area contributed by atoms with Crippen LogP contribution < -0.4 is 0 Å². The van der Waals surface area contributed by atoms with Gasteiger partial charge in [0.1, 0.15) is 5.82 Å². The summed E-state index contributed by atoms with van der Waals surface area (Å²) in [6, 6.07) is 7.12. The molecule has 0 amide bonds. The Bertz CT molecular complexity index is 564. The Kier molecular flexibility index (Phi) is 3.18. The van der Waals surface area contributed by atoms with Crippen LogP contribution in [0.1, 0.15) is 12.5 Å². The lowest BCUT2D eigenvalue weighted by Crippen LogP contribution is -2.11. The normalized spacial score (nSPS) is 19.3. The number of rotatable bonds is 2. The van der Waals surface area contributed by atoms with Crippen LogP contribution in [0.15, 0.2) is 34.9 Å². The number of nitrogens with zero attached hydrogens (tertiary/aromatic N) is 2. The van der Waals surface area contributed by atoms with Crippen molar-refractivity contribution < 1.29 is 9.13 Å². The quantitative estimate of drug-likeness (QED) is 0.850. The molecule has 2 heterocycles. The van der Waals surface area contributed by atoms with E-state index in [1.165, 1.54) is 6.07 Å². The number of hydrogen-bond donors (Lipinski definition) is 0. The van der Waals surface area contributed by atoms with E-state index in [0.717, 1.165) is 23.2 Å². The zero-order valence-corrected chi connectivity index (χ0v) is 11.2. The molecule has 0 aliphatic carbocycles. The molecule has 1 fully saturated rings. The Morgan fingerprint density at radius 3 is 3.00 bits per heavy atom. The van der Waals surface area contributed by atoms with Crippen molar-refractivity contribution in [1.82, 2.24) is 9.78 Å². The van der Waals surface area contributed by atoms with Gasteiger partial charge in [-0.2, -0.15) is 5.10 Å². The predicted molar refractivity (Wildman–Crippen MR) is 69.8 cm³/mol. The Hall–Kier alpha value is -1.20. The van der Waals surface area contributed by atoms with Gasteiger partial charge in [0, 0.05) is 22.8 Å². The van der Waals surface area contributed by atoms with Gasteiger partial charge in [0.15, 0.2) is 0 Å². The predicted octanol–water partition coefficient (Wildman–Crippen LogP) is 3.41. The maximum atomic E-state index is 14.0. The second-order valence-corrected chi connectivity index (χ2v) is 5.22. The summed E-state index contributed by atoms with van der Waals surface area (Å²) in [6.45, 7) is 1.39. The molecular formula is C13H12BrFN2O. The van der Waals surface area contributed by atoms with E-state index >= 15 is 0 Å². The van der Waals surface area contributed by atoms with E-state index in [2.05, 4.69) is 21.0 Å². The number of hydrogen-bond acceptors (Lipinski definition) is 2. The molecule has 94 valence electrons. The van der Waals surface area contributed by atoms with Crippen LogP contribution >= 0.6 is 15.9 Å². The molecule has 1 aliphatic heterocycles. The van der Waals surface area contributed by atoms with Crippen LogP contribution in [0.4, 0.5) is 4.39 Å². The van der Waals surface area contributed by atoms with E-state index in [9.17, 15) is 4.39 Å². The molecule has 1 saturated heterocycles. The van der Waals surface area contributed by atoms with Gasteiger partial charge in [-0.1, -0.05) is 15.9 Å². The van der Waals surface area contributed by atoms with Crippen molar-refractivity contribution in [2.75, 3.05) is 13.2 Å². The first-order valence-electron chi connectivity index (χ1n) is 5.82. The van der Waals surface area contributed by atoms with Crippen molar-refractivity contribution in [2.24, 2.45) is 0 Å². The number of halogens is 2. The molecule has 5 heteroatoms. The molecule has 3 rings (SSSR count). The second kappa shape index (κ2) is 4.82. The lowest BCUT2D eigenvalue weighted by molar-refractivity contribution is 0.185. The fourth-order valence-electron chi connectivity index (χ4n) is 2.23. The van der Waals surface area contributed by atoms with Crippen LogP contribution in [0.2, 0.25) is 0 Å². The molecule has 0 bridgehead atoms. The van der Waals surface area contributed by atoms with Crippen molar-refractivity contribution in [3.05, 3.63) is 40.8 Å². The van der Waals surface area contributed by atoms with Gasteiger partial charge in [0.25, 0.3) is 0 Å². The molecule has 18 heavy (non-hydrogen) atoms. The SMILES string of the molecule is Fc1cc(Br)ccc1-c1ccnn1[C@H]1CCOC1. The molecule has 1 aliphatic rings. The van der Waals surface area contributed by atoms with Gasteiger partial charge in [-0.25, -0.2) is 4.39 Å². The van der Waals surface area contributed by atoms with Gasteiger partial charge in [0.05, 0.1) is 18.3 Å². The average Bonchev–Trinajstić information content (AvgIpc) is 2.98. The van der Waals surface area contributed by atoms with Crippen LogP contribution in [-0.2, 0) is 4.74 Å². The highest BCUT2D eigenvalue weighted by Gasteiger charge is 2.22. The fraction of sp³-hybridized carbons (Fsp3) is 0.308. The van der Waals surface area contributed by atoms with E-state index in [0.29, 0.717) is 12.2 Å². The highest BCUT2D eigenvalue weighted by Crippen LogP contribution is 2.29. The van der Waals surface area contributed by atoms with Crippen molar-refractivity contribution >= 4 is 15.9 Å². The first-order valence-corrected chi connectivity index (χ1v) is 6.61. The number of benzene rings is 1. The molecular weight excluding hydrogens is 299 g/mol. The first kappa shape index (κ1) is 11.9. The molecule has 0 N–H and O–H groups in total. The lowest BCUT2D eigenvalue weighted by Gasteiger charge is -2.13. The molecule has 0 unspecified atom stereocenters. The third kappa shape index (κ3) is 2.08. The third-order valence-corrected chi connectivity index (χ3v) is 3.62. The van der Waals surface area contributed by atoms with Crippen LogP contribution in [0.5, 0.6) is 0 Å². The smallest absolute Gasteiger partial charge is 0.133 e. The minimum Gasteiger partial charge on any atom is -0.379 e. The summed E-state index contributed by atoms with van der Waals surface area (Å²) < 4.78 is 21.9. The van der Waals surface area contributed by atoms with Crippen LogP contribution in [0.25, 0.3) is 11.3 Å². The van der Waals surface area contributed by atoms with Gasteiger partial charge >= 0.3 is 0 Å². The summed E-state index contributed by atoms with van der Waals surface area (Å²) in [5, 5.41) is 4.30. The zero-order valence-electron chi connectivity index (χ0n) is 9.64. The minimum absolute atomic E-state index is 0.207. The van der Waals surface area contributed by atoms with Crippen LogP contribution in [0.3, 0.4) is 0 Å². The summed E-state index contributed by atoms with van der Waals surface area (Å²) in [5.41, 5.74) is 1.37. The lowest BCUT2D eigenvalue weighted by atomic mass is 10.1. The Balaban J connectivity index is 2.03. The van der Waals surface area contributed by atoms with E-state index < -0.39 is 0 Å². The molecule has 1 atom stereocenters. The Morgan fingerprint density at radius 2 is 2.28 bits per heavy atom. The Labute approximate surface area is 113 Å². The highest BCUT2D eigenvalue weighted by atomic mass is 79.9. The van der Waals surface area contributed by atoms with Gasteiger partial charge < -0.3 is 4.74 Å². The largest absolute Gasteiger partial charge is 0.379 e. The van der Waals surface area contributed by atoms with E-state index in [1.54, 1.807) is 12.3 Å². The molecule has 0 spiro atoms. The van der Waals surface area contributed by atoms with Gasteiger partial charge in [0.2, 0.25) is 0 Å². The van der Waals surface area contributed by atoms with Crippen LogP contribution in [-0.4, -0.2) is 23.0 Å². The van der Waals surface area contributed by atoms with Crippen LogP contribution in [0, 0.1) is 5.82 Å². The van der Waals surface area contributed by atoms with Crippen molar-refractivity contribution in [3.8, 4) is 11.3 Å². The van der Waals surface area contributed by atoms with Crippen molar-refractivity contribution in [1.29, 1.82) is 0 Å². The van der Waals surface area contributed by atoms with Gasteiger partial charge in [-0.05, 0) is 30.7 Å². The molecule has 1 aromatic heterocycles. The minimum atomic E-state index is -0.245. The monoisotopic (exact) mass is 310 g/mol. The Morgan fingerprint density at radius 1 is 1.39 bits per heavy atom. The first-order chi connectivity index (χ1) is 8.75. The summed E-state index contributed by atoms with van der Waals surface area (Å²) >= 11 is 3.26. The standard InChI is InChI=1S/C13H12BrFN2O/c14-9-1-2-11(12(15)7-9)13-3-5-16-17(13)10-4-6-18-8-10/h1-3,5,7,10H,4,6,8H2/t10-/m0/s1. The topological polar surface area (TPSA) is 27.1 Å². The summed E-state index contributed by atoms with van der Waals surface area (Å²) in [5.74, 6) is -0.245. The molecule has 2 aromatic rings. The van der Waals surface area contributed by atoms with E-state index in [-0.39, 0.29) is 11.9 Å². The number of ether oxygens (including phenoxy) is 1. The zero-order chi connectivity index (χ0) is 12.5. The molecule has 0 saturated carbocycles. The highest BCUT2D eigenvalue weighted by molar-refractivity contribution is 9.10. The number of aromatic nitrogens is 2. The fourth-order valence-corrected chi connectivity index (χ4v) is 2.56. The molecule has 3 nitrogen and oxygen atoms in total. The molecule has 1 aromatic carbocycles. The van der Waals surface area contributed by atoms with E-state index in [4.69, 9.17) is 4.74 Å². The second-order valence-electron chi connectivity index (χ2n) is 4.30. The van der Waals surface area contributed by atoms with E-state index in [1.807, 2.05) is 16.8 Å². The molecule has 0 radical (unpaired) electrons. The maximum Gasteiger partial charge on any atom is 0.133 e.